The molecule has 0 saturated carbocycles. The quantitative estimate of drug-likeness (QED) is 0.326. The third-order valence-corrected chi connectivity index (χ3v) is 5.50. The second-order valence-electron chi connectivity index (χ2n) is 5.02. The number of sulfonamides is 1. The van der Waals surface area contributed by atoms with E-state index in [4.69, 9.17) is 0 Å². The maximum absolute atomic E-state index is 13.1. The molecule has 0 atom stereocenters. The van der Waals surface area contributed by atoms with E-state index in [9.17, 15) is 87.4 Å². The molecule has 0 aliphatic heterocycles. The first kappa shape index (κ1) is 30.0. The molecule has 0 spiro atoms. The molecule has 0 aromatic rings. The van der Waals surface area contributed by atoms with E-state index in [1.165, 1.54) is 0 Å². The van der Waals surface area contributed by atoms with Gasteiger partial charge in [0.1, 0.15) is 0 Å². The average Bonchev–Trinajstić information content (AvgIpc) is 2.50. The van der Waals surface area contributed by atoms with E-state index in [0.29, 0.717) is 0 Å². The van der Waals surface area contributed by atoms with Crippen LogP contribution in [0.1, 0.15) is 0 Å². The molecule has 23 heteroatoms. The first-order valence-corrected chi connectivity index (χ1v) is 8.35. The molecule has 0 aromatic carbocycles. The van der Waals surface area contributed by atoms with E-state index in [1.54, 1.807) is 0 Å². The van der Waals surface area contributed by atoms with Crippen LogP contribution in [0.2, 0.25) is 0 Å². The number of rotatable bonds is 8. The third-order valence-electron chi connectivity index (χ3n) is 2.85. The van der Waals surface area contributed by atoms with Crippen LogP contribution in [0, 0.1) is 0 Å². The zero-order valence-corrected chi connectivity index (χ0v) is 14.6. The van der Waals surface area contributed by atoms with Crippen LogP contribution in [0.4, 0.5) is 79.0 Å². The van der Waals surface area contributed by atoms with Crippen LogP contribution in [-0.2, 0) is 10.0 Å². The SMILES string of the molecule is O=S(=O)(NSC(F)(F)C(F)(F)C(F)(F)C(F)(F)F)C(F)(F)C(F)(F)C(F)(F)C(F)(F)F. The molecule has 31 heavy (non-hydrogen) atoms. The van der Waals surface area contributed by atoms with Gasteiger partial charge in [-0.2, -0.15) is 79.0 Å². The summed E-state index contributed by atoms with van der Waals surface area (Å²) in [7, 11) is -8.03. The van der Waals surface area contributed by atoms with E-state index in [0.717, 1.165) is 0 Å². The molecule has 0 unspecified atom stereocenters. The fraction of sp³-hybridized carbons (Fsp3) is 1.00. The Hall–Kier alpha value is -1.00. The van der Waals surface area contributed by atoms with Crippen LogP contribution in [0.25, 0.3) is 0 Å². The zero-order chi connectivity index (χ0) is 25.9. The third kappa shape index (κ3) is 4.44. The molecular weight excluding hydrogens is 548 g/mol. The molecule has 0 fully saturated rings. The largest absolute Gasteiger partial charge is 0.460 e. The Balaban J connectivity index is 6.13. The lowest BCUT2D eigenvalue weighted by Gasteiger charge is -2.34. The van der Waals surface area contributed by atoms with Crippen LogP contribution in [0.5, 0.6) is 0 Å². The van der Waals surface area contributed by atoms with E-state index in [-0.39, 0.29) is 0 Å². The summed E-state index contributed by atoms with van der Waals surface area (Å²) in [5.74, 6) is -31.3. The van der Waals surface area contributed by atoms with Crippen molar-refractivity contribution in [3.8, 4) is 0 Å². The Bertz CT molecular complexity index is 764. The molecule has 1 N–H and O–H groups in total. The van der Waals surface area contributed by atoms with Gasteiger partial charge in [-0.05, 0) is 0 Å². The Morgan fingerprint density at radius 2 is 0.774 bits per heavy atom. The van der Waals surface area contributed by atoms with Gasteiger partial charge in [0.15, 0.2) is 0 Å². The van der Waals surface area contributed by atoms with E-state index < -0.39 is 72.7 Å². The molecule has 188 valence electrons. The molecule has 0 rings (SSSR count). The lowest BCUT2D eigenvalue weighted by molar-refractivity contribution is -0.382. The number of hydrogen-bond donors (Lipinski definition) is 1. The molecule has 0 bridgehead atoms. The molecule has 0 radical (unpaired) electrons. The zero-order valence-electron chi connectivity index (χ0n) is 12.9. The van der Waals surface area contributed by atoms with Gasteiger partial charge in [-0.3, -0.25) is 0 Å². The molecular formula is C8HF18NO2S2. The van der Waals surface area contributed by atoms with Crippen LogP contribution in [-0.4, -0.2) is 55.0 Å². The van der Waals surface area contributed by atoms with Gasteiger partial charge < -0.3 is 0 Å². The number of halogens is 18. The van der Waals surface area contributed by atoms with Crippen LogP contribution >= 0.6 is 11.9 Å². The fourth-order valence-electron chi connectivity index (χ4n) is 1.11. The molecule has 0 aliphatic carbocycles. The van der Waals surface area contributed by atoms with Crippen molar-refractivity contribution in [1.82, 2.24) is 4.13 Å². The minimum absolute atomic E-state index is 0.874. The summed E-state index contributed by atoms with van der Waals surface area (Å²) in [5.41, 5.74) is 0. The minimum atomic E-state index is -8.03. The summed E-state index contributed by atoms with van der Waals surface area (Å²) in [5, 5.41) is -14.9. The van der Waals surface area contributed by atoms with Gasteiger partial charge in [0.05, 0.1) is 0 Å². The van der Waals surface area contributed by atoms with Crippen molar-refractivity contribution in [2.24, 2.45) is 0 Å². The topological polar surface area (TPSA) is 46.2 Å². The summed E-state index contributed by atoms with van der Waals surface area (Å²) in [6, 6.07) is 0. The Kier molecular flexibility index (Phi) is 7.27. The number of hydrogen-bond acceptors (Lipinski definition) is 3. The smallest absolute Gasteiger partial charge is 0.205 e. The lowest BCUT2D eigenvalue weighted by Crippen LogP contribution is -2.65. The minimum Gasteiger partial charge on any atom is -0.205 e. The monoisotopic (exact) mass is 549 g/mol. The summed E-state index contributed by atoms with van der Waals surface area (Å²) >= 11 is -3.04. The molecule has 0 aromatic heterocycles. The maximum Gasteiger partial charge on any atom is 0.460 e. The predicted molar refractivity (Wildman–Crippen MR) is 61.4 cm³/mol. The normalized spacial score (nSPS) is 16.6. The van der Waals surface area contributed by atoms with Crippen LogP contribution in [0.3, 0.4) is 0 Å². The summed E-state index contributed by atoms with van der Waals surface area (Å²) in [6.07, 6.45) is -15.1. The van der Waals surface area contributed by atoms with E-state index >= 15 is 0 Å². The van der Waals surface area contributed by atoms with E-state index in [2.05, 4.69) is 0 Å². The Morgan fingerprint density at radius 3 is 1.06 bits per heavy atom. The Morgan fingerprint density at radius 1 is 0.484 bits per heavy atom. The van der Waals surface area contributed by atoms with Crippen molar-refractivity contribution in [2.75, 3.05) is 0 Å². The predicted octanol–water partition coefficient (Wildman–Crippen LogP) is 5.41. The highest BCUT2D eigenvalue weighted by Crippen LogP contribution is 2.58. The van der Waals surface area contributed by atoms with Crippen molar-refractivity contribution in [3.05, 3.63) is 0 Å². The van der Waals surface area contributed by atoms with Crippen molar-refractivity contribution >= 4 is 22.0 Å². The molecule has 0 amide bonds. The van der Waals surface area contributed by atoms with Gasteiger partial charge in [-0.1, -0.05) is 0 Å². The van der Waals surface area contributed by atoms with Gasteiger partial charge in [-0.15, -0.1) is 4.13 Å². The maximum atomic E-state index is 13.1. The lowest BCUT2D eigenvalue weighted by atomic mass is 10.1. The van der Waals surface area contributed by atoms with Crippen molar-refractivity contribution in [2.45, 2.75) is 46.6 Å². The highest BCUT2D eigenvalue weighted by atomic mass is 32.3. The molecule has 0 heterocycles. The van der Waals surface area contributed by atoms with Crippen molar-refractivity contribution < 1.29 is 87.4 Å². The Labute approximate surface area is 161 Å². The number of alkyl halides is 18. The summed E-state index contributed by atoms with van der Waals surface area (Å²) in [6.45, 7) is 0. The second-order valence-corrected chi connectivity index (χ2v) is 7.92. The average molecular weight is 549 g/mol. The molecule has 3 nitrogen and oxygen atoms in total. The van der Waals surface area contributed by atoms with E-state index in [1.807, 2.05) is 0 Å². The standard InChI is InChI=1S/C8HF18NO2S2/c9-1(10,5(17,18)19)3(13,14)7(23,24)30-27-31(28,29)8(25,26)4(15,16)2(11,12)6(20,21)22/h27H. The molecule has 0 saturated heterocycles. The highest BCUT2D eigenvalue weighted by Gasteiger charge is 2.86. The fourth-order valence-corrected chi connectivity index (χ4v) is 3.11. The highest BCUT2D eigenvalue weighted by molar-refractivity contribution is 8.10. The van der Waals surface area contributed by atoms with Gasteiger partial charge in [0, 0.05) is 11.9 Å². The second kappa shape index (κ2) is 7.52. The first-order valence-electron chi connectivity index (χ1n) is 6.05. The van der Waals surface area contributed by atoms with Crippen molar-refractivity contribution in [1.29, 1.82) is 0 Å². The summed E-state index contributed by atoms with van der Waals surface area (Å²) < 4.78 is 246. The van der Waals surface area contributed by atoms with Gasteiger partial charge in [0.25, 0.3) is 10.0 Å². The first-order chi connectivity index (χ1) is 13.0. The van der Waals surface area contributed by atoms with Gasteiger partial charge >= 0.3 is 46.6 Å². The van der Waals surface area contributed by atoms with Gasteiger partial charge in [-0.25, -0.2) is 8.42 Å². The van der Waals surface area contributed by atoms with Crippen LogP contribution in [0.15, 0.2) is 0 Å². The van der Waals surface area contributed by atoms with Crippen LogP contribution < -0.4 is 4.13 Å². The van der Waals surface area contributed by atoms with Crippen molar-refractivity contribution in [3.63, 3.8) is 0 Å². The molecule has 0 aliphatic rings. The summed E-state index contributed by atoms with van der Waals surface area (Å²) in [4.78, 5) is 0. The van der Waals surface area contributed by atoms with Gasteiger partial charge in [0.2, 0.25) is 0 Å². The number of nitrogens with one attached hydrogen (secondary N) is 1.